The van der Waals surface area contributed by atoms with Crippen molar-refractivity contribution in [1.29, 1.82) is 0 Å². The van der Waals surface area contributed by atoms with Gasteiger partial charge in [-0.2, -0.15) is 5.10 Å². The summed E-state index contributed by atoms with van der Waals surface area (Å²) in [5, 5.41) is 8.34. The molecule has 4 rings (SSSR count). The van der Waals surface area contributed by atoms with Crippen LogP contribution in [0.1, 0.15) is 19.4 Å². The molecule has 2 atom stereocenters. The molecule has 0 aliphatic carbocycles. The Bertz CT molecular complexity index is 978. The van der Waals surface area contributed by atoms with E-state index in [4.69, 9.17) is 9.84 Å². The van der Waals surface area contributed by atoms with Crippen molar-refractivity contribution in [3.8, 4) is 22.7 Å². The third-order valence-corrected chi connectivity index (χ3v) is 5.74. The van der Waals surface area contributed by atoms with Crippen LogP contribution in [0.2, 0.25) is 0 Å². The molecule has 30 heavy (non-hydrogen) atoms. The Morgan fingerprint density at radius 2 is 1.83 bits per heavy atom. The third-order valence-electron chi connectivity index (χ3n) is 5.74. The largest absolute Gasteiger partial charge is 0.497 e. The van der Waals surface area contributed by atoms with Gasteiger partial charge in [-0.3, -0.25) is 10.9 Å². The number of rotatable bonds is 7. The second kappa shape index (κ2) is 8.95. The van der Waals surface area contributed by atoms with Crippen LogP contribution in [0.5, 0.6) is 5.75 Å². The minimum atomic E-state index is -0.267. The van der Waals surface area contributed by atoms with E-state index in [0.29, 0.717) is 24.5 Å². The van der Waals surface area contributed by atoms with Gasteiger partial charge in [0.1, 0.15) is 11.6 Å². The van der Waals surface area contributed by atoms with Gasteiger partial charge in [0.05, 0.1) is 18.5 Å². The van der Waals surface area contributed by atoms with E-state index in [0.717, 1.165) is 34.8 Å². The highest BCUT2D eigenvalue weighted by Crippen LogP contribution is 2.25. The predicted molar refractivity (Wildman–Crippen MR) is 116 cm³/mol. The molecule has 1 aromatic heterocycles. The average Bonchev–Trinajstić information content (AvgIpc) is 3.32. The molecule has 2 heterocycles. The van der Waals surface area contributed by atoms with Crippen molar-refractivity contribution in [2.45, 2.75) is 32.5 Å². The highest BCUT2D eigenvalue weighted by Gasteiger charge is 2.29. The van der Waals surface area contributed by atoms with Gasteiger partial charge in [0.25, 0.3) is 0 Å². The fraction of sp³-hybridized carbons (Fsp3) is 0.348. The standard InChI is InChI=1S/C23H28FN5O/c1-15-22(16(2)27-26-15)13-25-12-18-14-29(20-7-9-21(30-3)10-8-20)28-23(18)17-5-4-6-19(24)11-17/h4-11,14-16,22,25-27H,12-13H2,1-3H3. The summed E-state index contributed by atoms with van der Waals surface area (Å²) in [6, 6.07) is 15.1. The fourth-order valence-electron chi connectivity index (χ4n) is 3.92. The first-order valence-corrected chi connectivity index (χ1v) is 10.3. The van der Waals surface area contributed by atoms with E-state index in [1.165, 1.54) is 12.1 Å². The number of benzene rings is 2. The van der Waals surface area contributed by atoms with Crippen LogP contribution in [-0.4, -0.2) is 35.5 Å². The van der Waals surface area contributed by atoms with Gasteiger partial charge >= 0.3 is 0 Å². The van der Waals surface area contributed by atoms with Crippen molar-refractivity contribution in [3.63, 3.8) is 0 Å². The summed E-state index contributed by atoms with van der Waals surface area (Å²) in [6.07, 6.45) is 2.01. The van der Waals surface area contributed by atoms with Crippen molar-refractivity contribution < 1.29 is 9.13 Å². The normalized spacial score (nSPS) is 21.1. The van der Waals surface area contributed by atoms with Crippen LogP contribution in [0.15, 0.2) is 54.7 Å². The molecule has 1 aliphatic rings. The van der Waals surface area contributed by atoms with Gasteiger partial charge in [-0.05, 0) is 50.2 Å². The smallest absolute Gasteiger partial charge is 0.123 e. The van der Waals surface area contributed by atoms with E-state index in [-0.39, 0.29) is 5.82 Å². The zero-order chi connectivity index (χ0) is 21.1. The van der Waals surface area contributed by atoms with Gasteiger partial charge in [-0.1, -0.05) is 12.1 Å². The summed E-state index contributed by atoms with van der Waals surface area (Å²) in [6.45, 7) is 5.89. The van der Waals surface area contributed by atoms with Crippen LogP contribution in [0.3, 0.4) is 0 Å². The van der Waals surface area contributed by atoms with Crippen molar-refractivity contribution in [1.82, 2.24) is 25.9 Å². The second-order valence-electron chi connectivity index (χ2n) is 7.82. The molecule has 1 aliphatic heterocycles. The maximum absolute atomic E-state index is 13.9. The molecule has 7 heteroatoms. The van der Waals surface area contributed by atoms with Gasteiger partial charge in [0.2, 0.25) is 0 Å². The van der Waals surface area contributed by atoms with E-state index in [2.05, 4.69) is 30.0 Å². The minimum absolute atomic E-state index is 0.267. The van der Waals surface area contributed by atoms with Crippen molar-refractivity contribution in [2.75, 3.05) is 13.7 Å². The highest BCUT2D eigenvalue weighted by molar-refractivity contribution is 5.63. The number of hydrogen-bond acceptors (Lipinski definition) is 5. The van der Waals surface area contributed by atoms with Gasteiger partial charge in [0.15, 0.2) is 0 Å². The van der Waals surface area contributed by atoms with Crippen molar-refractivity contribution in [3.05, 3.63) is 66.1 Å². The van der Waals surface area contributed by atoms with E-state index >= 15 is 0 Å². The van der Waals surface area contributed by atoms with E-state index in [1.807, 2.05) is 41.2 Å². The number of halogens is 1. The van der Waals surface area contributed by atoms with Gasteiger partial charge < -0.3 is 10.1 Å². The zero-order valence-electron chi connectivity index (χ0n) is 17.5. The molecule has 158 valence electrons. The van der Waals surface area contributed by atoms with Crippen LogP contribution in [-0.2, 0) is 6.54 Å². The molecule has 3 aromatic rings. The number of nitrogens with one attached hydrogen (secondary N) is 3. The van der Waals surface area contributed by atoms with Gasteiger partial charge in [-0.25, -0.2) is 9.07 Å². The van der Waals surface area contributed by atoms with Crippen LogP contribution < -0.4 is 20.9 Å². The Morgan fingerprint density at radius 3 is 2.50 bits per heavy atom. The Labute approximate surface area is 176 Å². The van der Waals surface area contributed by atoms with Crippen LogP contribution in [0, 0.1) is 11.7 Å². The lowest BCUT2D eigenvalue weighted by Crippen LogP contribution is -2.33. The van der Waals surface area contributed by atoms with Crippen molar-refractivity contribution in [2.24, 2.45) is 5.92 Å². The van der Waals surface area contributed by atoms with Crippen LogP contribution in [0.25, 0.3) is 16.9 Å². The Kier molecular flexibility index (Phi) is 6.13. The number of hydrogen-bond donors (Lipinski definition) is 3. The monoisotopic (exact) mass is 409 g/mol. The summed E-state index contributed by atoms with van der Waals surface area (Å²) in [7, 11) is 1.64. The minimum Gasteiger partial charge on any atom is -0.497 e. The molecule has 2 aromatic carbocycles. The van der Waals surface area contributed by atoms with Gasteiger partial charge in [-0.15, -0.1) is 0 Å². The lowest BCUT2D eigenvalue weighted by molar-refractivity contribution is 0.412. The third kappa shape index (κ3) is 4.38. The molecular formula is C23H28FN5O. The number of aromatic nitrogens is 2. The summed E-state index contributed by atoms with van der Waals surface area (Å²) < 4.78 is 20.9. The number of hydrazine groups is 1. The Balaban J connectivity index is 1.59. The number of ether oxygens (including phenoxy) is 1. The summed E-state index contributed by atoms with van der Waals surface area (Å²) in [5.74, 6) is 1.01. The number of methoxy groups -OCH3 is 1. The summed E-state index contributed by atoms with van der Waals surface area (Å²) in [4.78, 5) is 0. The topological polar surface area (TPSA) is 63.1 Å². The maximum atomic E-state index is 13.9. The molecular weight excluding hydrogens is 381 g/mol. The predicted octanol–water partition coefficient (Wildman–Crippen LogP) is 3.28. The van der Waals surface area contributed by atoms with E-state index in [1.54, 1.807) is 13.2 Å². The first-order valence-electron chi connectivity index (χ1n) is 10.3. The first-order chi connectivity index (χ1) is 14.5. The summed E-state index contributed by atoms with van der Waals surface area (Å²) in [5.41, 5.74) is 10.1. The molecule has 0 amide bonds. The Hall–Kier alpha value is -2.74. The molecule has 1 saturated heterocycles. The lowest BCUT2D eigenvalue weighted by atomic mass is 9.96. The van der Waals surface area contributed by atoms with Gasteiger partial charge in [0, 0.05) is 48.4 Å². The molecule has 0 radical (unpaired) electrons. The molecule has 0 saturated carbocycles. The van der Waals surface area contributed by atoms with Crippen molar-refractivity contribution >= 4 is 0 Å². The molecule has 1 fully saturated rings. The van der Waals surface area contributed by atoms with Crippen LogP contribution >= 0.6 is 0 Å². The average molecular weight is 410 g/mol. The number of nitrogens with zero attached hydrogens (tertiary/aromatic N) is 2. The molecule has 6 nitrogen and oxygen atoms in total. The molecule has 2 unspecified atom stereocenters. The van der Waals surface area contributed by atoms with Crippen LogP contribution in [0.4, 0.5) is 4.39 Å². The quantitative estimate of drug-likeness (QED) is 0.559. The molecule has 0 spiro atoms. The fourth-order valence-corrected chi connectivity index (χ4v) is 3.92. The maximum Gasteiger partial charge on any atom is 0.123 e. The first kappa shape index (κ1) is 20.5. The zero-order valence-corrected chi connectivity index (χ0v) is 17.5. The second-order valence-corrected chi connectivity index (χ2v) is 7.82. The highest BCUT2D eigenvalue weighted by atomic mass is 19.1. The SMILES string of the molecule is COc1ccc(-n2cc(CNCC3C(C)NNC3C)c(-c3cccc(F)c3)n2)cc1. The summed E-state index contributed by atoms with van der Waals surface area (Å²) >= 11 is 0. The Morgan fingerprint density at radius 1 is 1.10 bits per heavy atom. The molecule has 3 N–H and O–H groups in total. The molecule has 0 bridgehead atoms. The lowest BCUT2D eigenvalue weighted by Gasteiger charge is -2.18. The van der Waals surface area contributed by atoms with E-state index in [9.17, 15) is 4.39 Å². The van der Waals surface area contributed by atoms with E-state index < -0.39 is 0 Å².